The van der Waals surface area contributed by atoms with E-state index in [0.29, 0.717) is 22.4 Å². The lowest BCUT2D eigenvalue weighted by Crippen LogP contribution is -2.15. The maximum absolute atomic E-state index is 12.4. The second-order valence-electron chi connectivity index (χ2n) is 6.29. The number of rotatable bonds is 6. The minimum absolute atomic E-state index is 0.0223. The number of hydrogen-bond acceptors (Lipinski definition) is 7. The van der Waals surface area contributed by atoms with Gasteiger partial charge >= 0.3 is 5.63 Å². The molecule has 0 spiro atoms. The van der Waals surface area contributed by atoms with E-state index in [9.17, 15) is 18.0 Å². The van der Waals surface area contributed by atoms with Crippen LogP contribution >= 0.6 is 11.3 Å². The molecule has 0 bridgehead atoms. The van der Waals surface area contributed by atoms with Crippen molar-refractivity contribution >= 4 is 49.1 Å². The highest BCUT2D eigenvalue weighted by atomic mass is 32.2. The second-order valence-corrected chi connectivity index (χ2v) is 8.84. The quantitative estimate of drug-likeness (QED) is 0.444. The first-order valence-electron chi connectivity index (χ1n) is 8.75. The Morgan fingerprint density at radius 3 is 2.67 bits per heavy atom. The summed E-state index contributed by atoms with van der Waals surface area (Å²) < 4.78 is 32.2. The molecular weight excluding hydrogens is 426 g/mol. The standard InChI is InChI=1S/C20H15N3O5S2/c24-18(21-14-7-8-17-13(10-14)6-9-19(25)28-17)11-15-12-29-20(22-15)23-30(26,27)16-4-2-1-3-5-16/h1-10,12H,11H2,(H,21,24)(H,22,23). The molecule has 30 heavy (non-hydrogen) atoms. The number of fused-ring (bicyclic) bond motifs is 1. The lowest BCUT2D eigenvalue weighted by Gasteiger charge is -2.05. The van der Waals surface area contributed by atoms with Gasteiger partial charge in [0.05, 0.1) is 17.0 Å². The molecular formula is C20H15N3O5S2. The van der Waals surface area contributed by atoms with Gasteiger partial charge in [-0.3, -0.25) is 9.52 Å². The van der Waals surface area contributed by atoms with Gasteiger partial charge in [0, 0.05) is 22.5 Å². The monoisotopic (exact) mass is 441 g/mol. The number of hydrogen-bond donors (Lipinski definition) is 2. The summed E-state index contributed by atoms with van der Waals surface area (Å²) >= 11 is 1.10. The largest absolute Gasteiger partial charge is 0.423 e. The number of benzene rings is 2. The van der Waals surface area contributed by atoms with E-state index in [0.717, 1.165) is 11.3 Å². The number of anilines is 2. The summed E-state index contributed by atoms with van der Waals surface area (Å²) in [4.78, 5) is 27.9. The summed E-state index contributed by atoms with van der Waals surface area (Å²) in [5.41, 5.74) is 0.966. The first-order valence-corrected chi connectivity index (χ1v) is 11.1. The Kier molecular flexibility index (Phi) is 5.34. The van der Waals surface area contributed by atoms with Crippen molar-refractivity contribution in [1.29, 1.82) is 0 Å². The number of sulfonamides is 1. The highest BCUT2D eigenvalue weighted by molar-refractivity contribution is 7.93. The van der Waals surface area contributed by atoms with Crippen LogP contribution in [0.1, 0.15) is 5.69 Å². The number of carbonyl (C=O) groups excluding carboxylic acids is 1. The molecule has 10 heteroatoms. The van der Waals surface area contributed by atoms with Crippen molar-refractivity contribution in [2.24, 2.45) is 0 Å². The highest BCUT2D eigenvalue weighted by Crippen LogP contribution is 2.21. The molecule has 152 valence electrons. The molecule has 0 atom stereocenters. The summed E-state index contributed by atoms with van der Waals surface area (Å²) in [6.07, 6.45) is -0.0223. The molecule has 2 aromatic carbocycles. The van der Waals surface area contributed by atoms with Crippen LogP contribution in [0.2, 0.25) is 0 Å². The fourth-order valence-corrected chi connectivity index (χ4v) is 4.71. The van der Waals surface area contributed by atoms with Crippen molar-refractivity contribution in [2.45, 2.75) is 11.3 Å². The third kappa shape index (κ3) is 4.56. The zero-order chi connectivity index (χ0) is 21.1. The first kappa shape index (κ1) is 19.8. The summed E-state index contributed by atoms with van der Waals surface area (Å²) in [6.45, 7) is 0. The number of carbonyl (C=O) groups is 1. The van der Waals surface area contributed by atoms with Gasteiger partial charge in [-0.25, -0.2) is 18.2 Å². The molecule has 0 fully saturated rings. The van der Waals surface area contributed by atoms with E-state index in [-0.39, 0.29) is 22.4 Å². The molecule has 0 saturated heterocycles. The minimum Gasteiger partial charge on any atom is -0.423 e. The Morgan fingerprint density at radius 1 is 1.07 bits per heavy atom. The summed E-state index contributed by atoms with van der Waals surface area (Å²) in [5.74, 6) is -0.311. The van der Waals surface area contributed by atoms with Crippen LogP contribution in [0.25, 0.3) is 11.0 Å². The van der Waals surface area contributed by atoms with Crippen LogP contribution in [0, 0.1) is 0 Å². The van der Waals surface area contributed by atoms with Crippen LogP contribution in [-0.2, 0) is 21.2 Å². The van der Waals surface area contributed by atoms with E-state index in [4.69, 9.17) is 4.42 Å². The third-order valence-corrected chi connectivity index (χ3v) is 6.36. The van der Waals surface area contributed by atoms with E-state index in [1.807, 2.05) is 0 Å². The molecule has 4 rings (SSSR count). The SMILES string of the molecule is O=C(Cc1csc(NS(=O)(=O)c2ccccc2)n1)Nc1ccc2oc(=O)ccc2c1. The van der Waals surface area contributed by atoms with Crippen LogP contribution in [0.4, 0.5) is 10.8 Å². The molecule has 4 aromatic rings. The fourth-order valence-electron chi connectivity index (χ4n) is 2.73. The van der Waals surface area contributed by atoms with Gasteiger partial charge in [-0.05, 0) is 36.4 Å². The van der Waals surface area contributed by atoms with Crippen molar-refractivity contribution in [1.82, 2.24) is 4.98 Å². The summed E-state index contributed by atoms with van der Waals surface area (Å²) in [7, 11) is -3.73. The fraction of sp³-hybridized carbons (Fsp3) is 0.0500. The van der Waals surface area contributed by atoms with E-state index < -0.39 is 15.6 Å². The Labute approximate surface area is 175 Å². The van der Waals surface area contributed by atoms with Gasteiger partial charge in [0.25, 0.3) is 10.0 Å². The number of nitrogens with one attached hydrogen (secondary N) is 2. The summed E-state index contributed by atoms with van der Waals surface area (Å²) in [6, 6.07) is 15.8. The molecule has 0 aliphatic heterocycles. The van der Waals surface area contributed by atoms with Crippen LogP contribution in [0.5, 0.6) is 0 Å². The number of amides is 1. The maximum atomic E-state index is 12.4. The predicted molar refractivity (Wildman–Crippen MR) is 114 cm³/mol. The molecule has 2 N–H and O–H groups in total. The van der Waals surface area contributed by atoms with Crippen molar-refractivity contribution in [3.63, 3.8) is 0 Å². The van der Waals surface area contributed by atoms with Crippen molar-refractivity contribution in [2.75, 3.05) is 10.0 Å². The van der Waals surface area contributed by atoms with Gasteiger partial charge < -0.3 is 9.73 Å². The predicted octanol–water partition coefficient (Wildman–Crippen LogP) is 3.23. The van der Waals surface area contributed by atoms with Gasteiger partial charge in [-0.15, -0.1) is 11.3 Å². The van der Waals surface area contributed by atoms with E-state index in [1.165, 1.54) is 18.2 Å². The minimum atomic E-state index is -3.73. The zero-order valence-electron chi connectivity index (χ0n) is 15.4. The normalized spacial score (nSPS) is 11.3. The van der Waals surface area contributed by atoms with Gasteiger partial charge in [0.15, 0.2) is 5.13 Å². The second kappa shape index (κ2) is 8.09. The smallest absolute Gasteiger partial charge is 0.336 e. The van der Waals surface area contributed by atoms with Gasteiger partial charge in [-0.2, -0.15) is 0 Å². The number of thiazole rings is 1. The lowest BCUT2D eigenvalue weighted by atomic mass is 10.2. The molecule has 0 unspecified atom stereocenters. The van der Waals surface area contributed by atoms with Crippen molar-refractivity contribution in [3.8, 4) is 0 Å². The molecule has 2 aromatic heterocycles. The Hall–Kier alpha value is -3.50. The Morgan fingerprint density at radius 2 is 1.87 bits per heavy atom. The molecule has 1 amide bonds. The molecule has 0 aliphatic carbocycles. The Bertz CT molecular complexity index is 1380. The van der Waals surface area contributed by atoms with Gasteiger partial charge in [-0.1, -0.05) is 18.2 Å². The van der Waals surface area contributed by atoms with E-state index in [2.05, 4.69) is 15.0 Å². The molecule has 8 nitrogen and oxygen atoms in total. The molecule has 0 aliphatic rings. The number of nitrogens with zero attached hydrogens (tertiary/aromatic N) is 1. The third-order valence-electron chi connectivity index (χ3n) is 4.07. The summed E-state index contributed by atoms with van der Waals surface area (Å²) in [5, 5.41) is 5.23. The van der Waals surface area contributed by atoms with Crippen LogP contribution < -0.4 is 15.7 Å². The highest BCUT2D eigenvalue weighted by Gasteiger charge is 2.16. The van der Waals surface area contributed by atoms with Crippen molar-refractivity contribution < 1.29 is 17.6 Å². The average molecular weight is 441 g/mol. The number of aromatic nitrogens is 1. The van der Waals surface area contributed by atoms with E-state index in [1.54, 1.807) is 47.8 Å². The van der Waals surface area contributed by atoms with E-state index >= 15 is 0 Å². The average Bonchev–Trinajstić information content (AvgIpc) is 3.14. The topological polar surface area (TPSA) is 118 Å². The maximum Gasteiger partial charge on any atom is 0.336 e. The van der Waals surface area contributed by atoms with Crippen LogP contribution in [0.15, 0.2) is 80.2 Å². The van der Waals surface area contributed by atoms with Crippen LogP contribution in [0.3, 0.4) is 0 Å². The molecule has 0 saturated carbocycles. The zero-order valence-corrected chi connectivity index (χ0v) is 17.0. The van der Waals surface area contributed by atoms with Gasteiger partial charge in [0.1, 0.15) is 5.58 Å². The lowest BCUT2D eigenvalue weighted by molar-refractivity contribution is -0.115. The van der Waals surface area contributed by atoms with Crippen molar-refractivity contribution in [3.05, 3.63) is 82.2 Å². The first-order chi connectivity index (χ1) is 14.4. The van der Waals surface area contributed by atoms with Gasteiger partial charge in [0.2, 0.25) is 5.91 Å². The Balaban J connectivity index is 1.42. The molecule has 0 radical (unpaired) electrons. The van der Waals surface area contributed by atoms with Crippen LogP contribution in [-0.4, -0.2) is 19.3 Å². The molecule has 2 heterocycles.